The maximum absolute atomic E-state index is 3.90. The zero-order valence-corrected chi connectivity index (χ0v) is 9.30. The van der Waals surface area contributed by atoms with E-state index in [4.69, 9.17) is 0 Å². The van der Waals surface area contributed by atoms with Crippen molar-refractivity contribution in [1.29, 1.82) is 0 Å². The fourth-order valence-corrected chi connectivity index (χ4v) is 0.799. The molecule has 0 fully saturated rings. The van der Waals surface area contributed by atoms with Crippen LogP contribution in [0.15, 0.2) is 24.4 Å². The molecule has 0 saturated carbocycles. The van der Waals surface area contributed by atoms with E-state index >= 15 is 0 Å². The van der Waals surface area contributed by atoms with Crippen LogP contribution in [0.25, 0.3) is 0 Å². The number of hydrogen-bond donors (Lipinski definition) is 1. The Morgan fingerprint density at radius 1 is 1.46 bits per heavy atom. The van der Waals surface area contributed by atoms with E-state index < -0.39 is 0 Å². The van der Waals surface area contributed by atoms with E-state index in [1.807, 2.05) is 25.1 Å². The zero-order valence-electron chi connectivity index (χ0n) is 9.30. The Bertz CT molecular complexity index is 169. The second kappa shape index (κ2) is 6.72. The standard InChI is InChI=1S/C11H22N2/c1-10(2)9-12-8-6-7-11(3)13(4)5/h6-7,10,12H,3,8-9H2,1-2,4-5H3/b7-6+. The summed E-state index contributed by atoms with van der Waals surface area (Å²) in [5, 5.41) is 3.33. The summed E-state index contributed by atoms with van der Waals surface area (Å²) >= 11 is 0. The van der Waals surface area contributed by atoms with Gasteiger partial charge < -0.3 is 10.2 Å². The molecule has 0 aliphatic rings. The van der Waals surface area contributed by atoms with Gasteiger partial charge in [-0.2, -0.15) is 0 Å². The Morgan fingerprint density at radius 3 is 2.54 bits per heavy atom. The zero-order chi connectivity index (χ0) is 10.3. The van der Waals surface area contributed by atoms with Crippen LogP contribution in [0.3, 0.4) is 0 Å². The van der Waals surface area contributed by atoms with Crippen molar-refractivity contribution in [2.45, 2.75) is 13.8 Å². The molecule has 0 amide bonds. The first kappa shape index (κ1) is 12.2. The van der Waals surface area contributed by atoms with Crippen LogP contribution in [-0.4, -0.2) is 32.1 Å². The topological polar surface area (TPSA) is 15.3 Å². The minimum atomic E-state index is 0.713. The van der Waals surface area contributed by atoms with Gasteiger partial charge in [0.05, 0.1) is 0 Å². The normalized spacial score (nSPS) is 11.2. The van der Waals surface area contributed by atoms with Crippen molar-refractivity contribution < 1.29 is 0 Å². The smallest absolute Gasteiger partial charge is 0.0285 e. The average molecular weight is 182 g/mol. The highest BCUT2D eigenvalue weighted by molar-refractivity contribution is 5.12. The average Bonchev–Trinajstić information content (AvgIpc) is 2.02. The molecule has 0 unspecified atom stereocenters. The highest BCUT2D eigenvalue weighted by Gasteiger charge is 1.90. The monoisotopic (exact) mass is 182 g/mol. The molecule has 1 N–H and O–H groups in total. The molecule has 2 nitrogen and oxygen atoms in total. The van der Waals surface area contributed by atoms with Gasteiger partial charge in [-0.3, -0.25) is 0 Å². The Labute approximate surface area is 82.3 Å². The number of nitrogens with zero attached hydrogens (tertiary/aromatic N) is 1. The minimum Gasteiger partial charge on any atom is -0.378 e. The lowest BCUT2D eigenvalue weighted by molar-refractivity contribution is 0.531. The molecule has 0 saturated heterocycles. The summed E-state index contributed by atoms with van der Waals surface area (Å²) in [7, 11) is 3.99. The molecule has 0 heterocycles. The largest absolute Gasteiger partial charge is 0.378 e. The minimum absolute atomic E-state index is 0.713. The second-order valence-corrected chi connectivity index (χ2v) is 3.84. The fraction of sp³-hybridized carbons (Fsp3) is 0.636. The first-order chi connectivity index (χ1) is 6.04. The molecule has 0 aromatic rings. The molecule has 0 aliphatic heterocycles. The van der Waals surface area contributed by atoms with E-state index in [1.54, 1.807) is 0 Å². The molecule has 0 aromatic heterocycles. The van der Waals surface area contributed by atoms with Gasteiger partial charge in [-0.1, -0.05) is 26.5 Å². The molecular formula is C11H22N2. The Hall–Kier alpha value is -0.760. The van der Waals surface area contributed by atoms with Crippen LogP contribution in [0.1, 0.15) is 13.8 Å². The van der Waals surface area contributed by atoms with E-state index in [2.05, 4.69) is 31.8 Å². The number of likely N-dealkylation sites (N-methyl/N-ethyl adjacent to an activating group) is 1. The van der Waals surface area contributed by atoms with Crippen LogP contribution in [0.5, 0.6) is 0 Å². The lowest BCUT2D eigenvalue weighted by atomic mass is 10.2. The van der Waals surface area contributed by atoms with E-state index in [0.29, 0.717) is 5.92 Å². The van der Waals surface area contributed by atoms with E-state index in [-0.39, 0.29) is 0 Å². The van der Waals surface area contributed by atoms with Crippen molar-refractivity contribution >= 4 is 0 Å². The number of hydrogen-bond acceptors (Lipinski definition) is 2. The summed E-state index contributed by atoms with van der Waals surface area (Å²) in [4.78, 5) is 2.00. The summed E-state index contributed by atoms with van der Waals surface area (Å²) in [6.07, 6.45) is 4.14. The molecule has 0 radical (unpaired) electrons. The van der Waals surface area contributed by atoms with Gasteiger partial charge in [0, 0.05) is 26.3 Å². The number of rotatable bonds is 6. The van der Waals surface area contributed by atoms with E-state index in [1.165, 1.54) is 0 Å². The van der Waals surface area contributed by atoms with E-state index in [0.717, 1.165) is 18.8 Å². The first-order valence-electron chi connectivity index (χ1n) is 4.77. The third-order valence-electron chi connectivity index (χ3n) is 1.70. The fourth-order valence-electron chi connectivity index (χ4n) is 0.799. The Balaban J connectivity index is 3.47. The second-order valence-electron chi connectivity index (χ2n) is 3.84. The summed E-state index contributed by atoms with van der Waals surface area (Å²) < 4.78 is 0. The molecule has 0 atom stereocenters. The summed E-state index contributed by atoms with van der Waals surface area (Å²) in [5.74, 6) is 0.713. The molecule has 2 heteroatoms. The molecule has 0 bridgehead atoms. The van der Waals surface area contributed by atoms with Crippen LogP contribution < -0.4 is 5.32 Å². The predicted molar refractivity (Wildman–Crippen MR) is 59.7 cm³/mol. The van der Waals surface area contributed by atoms with Crippen molar-refractivity contribution in [3.05, 3.63) is 24.4 Å². The Morgan fingerprint density at radius 2 is 2.08 bits per heavy atom. The van der Waals surface area contributed by atoms with Crippen LogP contribution in [0.2, 0.25) is 0 Å². The van der Waals surface area contributed by atoms with Crippen LogP contribution in [0.4, 0.5) is 0 Å². The molecule has 0 aliphatic carbocycles. The highest BCUT2D eigenvalue weighted by atomic mass is 15.1. The van der Waals surface area contributed by atoms with Crippen molar-refractivity contribution in [2.24, 2.45) is 5.92 Å². The third kappa shape index (κ3) is 7.60. The maximum atomic E-state index is 3.90. The summed E-state index contributed by atoms with van der Waals surface area (Å²) in [5.41, 5.74) is 1.03. The molecule has 0 spiro atoms. The van der Waals surface area contributed by atoms with Gasteiger partial charge in [0.25, 0.3) is 0 Å². The molecule has 0 aromatic carbocycles. The van der Waals surface area contributed by atoms with E-state index in [9.17, 15) is 0 Å². The van der Waals surface area contributed by atoms with Crippen LogP contribution in [-0.2, 0) is 0 Å². The van der Waals surface area contributed by atoms with Crippen molar-refractivity contribution in [3.63, 3.8) is 0 Å². The Kier molecular flexibility index (Phi) is 6.33. The third-order valence-corrected chi connectivity index (χ3v) is 1.70. The van der Waals surface area contributed by atoms with Gasteiger partial charge in [-0.25, -0.2) is 0 Å². The number of allylic oxidation sites excluding steroid dienone is 1. The lowest BCUT2D eigenvalue weighted by Gasteiger charge is -2.11. The van der Waals surface area contributed by atoms with Crippen molar-refractivity contribution in [2.75, 3.05) is 27.2 Å². The van der Waals surface area contributed by atoms with Crippen LogP contribution in [0, 0.1) is 5.92 Å². The molecular weight excluding hydrogens is 160 g/mol. The summed E-state index contributed by atoms with van der Waals surface area (Å²) in [6, 6.07) is 0. The van der Waals surface area contributed by atoms with Gasteiger partial charge in [0.1, 0.15) is 0 Å². The first-order valence-corrected chi connectivity index (χ1v) is 4.77. The van der Waals surface area contributed by atoms with Crippen LogP contribution >= 0.6 is 0 Å². The van der Waals surface area contributed by atoms with Crippen molar-refractivity contribution in [3.8, 4) is 0 Å². The van der Waals surface area contributed by atoms with Gasteiger partial charge >= 0.3 is 0 Å². The highest BCUT2D eigenvalue weighted by Crippen LogP contribution is 1.95. The number of nitrogens with one attached hydrogen (secondary N) is 1. The predicted octanol–water partition coefficient (Wildman–Crippen LogP) is 1.86. The van der Waals surface area contributed by atoms with Crippen molar-refractivity contribution in [1.82, 2.24) is 10.2 Å². The van der Waals surface area contributed by atoms with Gasteiger partial charge in [-0.15, -0.1) is 0 Å². The lowest BCUT2D eigenvalue weighted by Crippen LogP contribution is -2.19. The molecule has 13 heavy (non-hydrogen) atoms. The summed E-state index contributed by atoms with van der Waals surface area (Å²) in [6.45, 7) is 10.3. The SMILES string of the molecule is C=C(/C=C/CNCC(C)C)N(C)C. The molecule has 0 rings (SSSR count). The molecule has 76 valence electrons. The van der Waals surface area contributed by atoms with Gasteiger partial charge in [-0.05, 0) is 18.5 Å². The quantitative estimate of drug-likeness (QED) is 0.498. The van der Waals surface area contributed by atoms with Gasteiger partial charge in [0.2, 0.25) is 0 Å². The van der Waals surface area contributed by atoms with Gasteiger partial charge in [0.15, 0.2) is 0 Å². The maximum Gasteiger partial charge on any atom is 0.0285 e.